The first-order chi connectivity index (χ1) is 11.9. The Bertz CT molecular complexity index is 1020. The van der Waals surface area contributed by atoms with Crippen LogP contribution in [0, 0.1) is 0 Å². The Morgan fingerprint density at radius 1 is 1.17 bits per heavy atom. The number of hydrogen-bond acceptors (Lipinski definition) is 6. The summed E-state index contributed by atoms with van der Waals surface area (Å²) in [6.07, 6.45) is 8.21. The fourth-order valence-corrected chi connectivity index (χ4v) is 4.61. The van der Waals surface area contributed by atoms with E-state index in [0.717, 1.165) is 35.0 Å². The summed E-state index contributed by atoms with van der Waals surface area (Å²) in [6, 6.07) is 5.90. The van der Waals surface area contributed by atoms with Crippen LogP contribution in [0.4, 0.5) is 5.95 Å². The summed E-state index contributed by atoms with van der Waals surface area (Å²) >= 11 is 1.81. The Hall–Kier alpha value is -2.54. The summed E-state index contributed by atoms with van der Waals surface area (Å²) in [5, 5.41) is 8.92. The predicted molar refractivity (Wildman–Crippen MR) is 94.4 cm³/mol. The zero-order chi connectivity index (χ0) is 15.9. The zero-order valence-corrected chi connectivity index (χ0v) is 13.9. The van der Waals surface area contributed by atoms with E-state index in [1.54, 1.807) is 23.9 Å². The van der Waals surface area contributed by atoms with E-state index in [2.05, 4.69) is 20.4 Å². The maximum absolute atomic E-state index is 4.84. The molecule has 1 aliphatic carbocycles. The Morgan fingerprint density at radius 2 is 2.12 bits per heavy atom. The van der Waals surface area contributed by atoms with Gasteiger partial charge in [-0.2, -0.15) is 9.61 Å². The predicted octanol–water partition coefficient (Wildman–Crippen LogP) is 3.22. The molecule has 4 aromatic rings. The Labute approximate surface area is 142 Å². The summed E-state index contributed by atoms with van der Waals surface area (Å²) in [5.74, 6) is 0.722. The molecule has 1 N–H and O–H groups in total. The monoisotopic (exact) mass is 336 g/mol. The normalized spacial score (nSPS) is 14.2. The maximum Gasteiger partial charge on any atom is 0.227 e. The van der Waals surface area contributed by atoms with E-state index in [-0.39, 0.29) is 0 Å². The summed E-state index contributed by atoms with van der Waals surface area (Å²) in [6.45, 7) is 0.611. The molecule has 0 unspecified atom stereocenters. The van der Waals surface area contributed by atoms with E-state index < -0.39 is 0 Å². The van der Waals surface area contributed by atoms with Crippen LogP contribution >= 0.6 is 11.3 Å². The lowest BCUT2D eigenvalue weighted by Crippen LogP contribution is -2.08. The number of nitrogens with one attached hydrogen (secondary N) is 1. The van der Waals surface area contributed by atoms with Gasteiger partial charge in [-0.1, -0.05) is 6.07 Å². The number of aryl methyl sites for hydroxylation is 2. The molecule has 0 aromatic carbocycles. The highest BCUT2D eigenvalue weighted by atomic mass is 32.1. The fraction of sp³-hybridized carbons (Fsp3) is 0.294. The van der Waals surface area contributed by atoms with Gasteiger partial charge in [0.2, 0.25) is 5.95 Å². The molecule has 24 heavy (non-hydrogen) atoms. The molecule has 1 aliphatic rings. The van der Waals surface area contributed by atoms with E-state index in [4.69, 9.17) is 4.98 Å². The second kappa shape index (κ2) is 5.52. The van der Waals surface area contributed by atoms with Gasteiger partial charge in [-0.25, -0.2) is 9.97 Å². The van der Waals surface area contributed by atoms with Gasteiger partial charge in [0.1, 0.15) is 11.2 Å². The molecule has 0 spiro atoms. The molecule has 120 valence electrons. The Balaban J connectivity index is 1.62. The summed E-state index contributed by atoms with van der Waals surface area (Å²) in [4.78, 5) is 16.2. The molecule has 0 saturated heterocycles. The third-order valence-corrected chi connectivity index (χ3v) is 5.67. The summed E-state index contributed by atoms with van der Waals surface area (Å²) < 4.78 is 1.81. The highest BCUT2D eigenvalue weighted by Crippen LogP contribution is 2.37. The van der Waals surface area contributed by atoms with Crippen molar-refractivity contribution >= 4 is 33.1 Å². The molecule has 7 heteroatoms. The highest BCUT2D eigenvalue weighted by molar-refractivity contribution is 7.19. The van der Waals surface area contributed by atoms with E-state index >= 15 is 0 Å². The molecule has 6 nitrogen and oxygen atoms in total. The van der Waals surface area contributed by atoms with E-state index in [1.807, 2.05) is 22.7 Å². The molecule has 0 amide bonds. The van der Waals surface area contributed by atoms with Crippen LogP contribution in [0.5, 0.6) is 0 Å². The molecule has 0 saturated carbocycles. The average Bonchev–Trinajstić information content (AvgIpc) is 3.24. The lowest BCUT2D eigenvalue weighted by Gasteiger charge is -2.11. The Kier molecular flexibility index (Phi) is 3.19. The first-order valence-corrected chi connectivity index (χ1v) is 8.99. The van der Waals surface area contributed by atoms with Crippen LogP contribution in [-0.2, 0) is 19.4 Å². The third-order valence-electron chi connectivity index (χ3n) is 4.49. The van der Waals surface area contributed by atoms with Crippen molar-refractivity contribution in [2.75, 3.05) is 5.32 Å². The van der Waals surface area contributed by atoms with Gasteiger partial charge in [-0.05, 0) is 43.4 Å². The van der Waals surface area contributed by atoms with Gasteiger partial charge in [0, 0.05) is 11.1 Å². The lowest BCUT2D eigenvalue weighted by atomic mass is 9.97. The zero-order valence-electron chi connectivity index (χ0n) is 13.1. The number of aromatic nitrogens is 5. The molecule has 0 fully saturated rings. The number of nitrogens with zero attached hydrogens (tertiary/aromatic N) is 5. The molecule has 0 atom stereocenters. The van der Waals surface area contributed by atoms with Gasteiger partial charge in [-0.3, -0.25) is 4.98 Å². The topological polar surface area (TPSA) is 68.0 Å². The minimum Gasteiger partial charge on any atom is -0.348 e. The van der Waals surface area contributed by atoms with Gasteiger partial charge in [0.15, 0.2) is 5.65 Å². The van der Waals surface area contributed by atoms with Crippen molar-refractivity contribution in [2.24, 2.45) is 0 Å². The van der Waals surface area contributed by atoms with Crippen molar-refractivity contribution in [3.05, 3.63) is 46.9 Å². The quantitative estimate of drug-likeness (QED) is 0.622. The van der Waals surface area contributed by atoms with Crippen LogP contribution in [0.3, 0.4) is 0 Å². The molecular formula is C17H16N6S. The van der Waals surface area contributed by atoms with Gasteiger partial charge in [0.05, 0.1) is 17.6 Å². The van der Waals surface area contributed by atoms with Crippen LogP contribution < -0.4 is 5.32 Å². The SMILES string of the molecule is c1ccc(CNc2nc3sc4c(c3c3ncnn23)CCCC4)nc1. The lowest BCUT2D eigenvalue weighted by molar-refractivity contribution is 0.700. The van der Waals surface area contributed by atoms with Gasteiger partial charge in [-0.15, -0.1) is 11.3 Å². The molecule has 0 aliphatic heterocycles. The first kappa shape index (κ1) is 13.9. The molecule has 0 bridgehead atoms. The van der Waals surface area contributed by atoms with Crippen LogP contribution in [-0.4, -0.2) is 24.6 Å². The van der Waals surface area contributed by atoms with Crippen molar-refractivity contribution in [1.29, 1.82) is 0 Å². The van der Waals surface area contributed by atoms with Crippen molar-refractivity contribution in [3.63, 3.8) is 0 Å². The van der Waals surface area contributed by atoms with Crippen molar-refractivity contribution < 1.29 is 0 Å². The van der Waals surface area contributed by atoms with Crippen molar-refractivity contribution in [1.82, 2.24) is 24.6 Å². The van der Waals surface area contributed by atoms with Crippen LogP contribution in [0.1, 0.15) is 29.0 Å². The number of hydrogen-bond donors (Lipinski definition) is 1. The number of fused-ring (bicyclic) bond motifs is 5. The van der Waals surface area contributed by atoms with E-state index in [0.29, 0.717) is 6.54 Å². The Morgan fingerprint density at radius 3 is 3.04 bits per heavy atom. The van der Waals surface area contributed by atoms with E-state index in [1.165, 1.54) is 28.7 Å². The standard InChI is InChI=1S/C17H16N6S/c1-2-7-13-12(6-1)14-15-20-10-21-23(15)17(22-16(14)24-13)19-9-11-5-3-4-8-18-11/h3-5,8,10H,1-2,6-7,9H2,(H,19,22). The number of pyridine rings is 1. The molecule has 5 rings (SSSR count). The van der Waals surface area contributed by atoms with Gasteiger partial charge < -0.3 is 5.32 Å². The van der Waals surface area contributed by atoms with Crippen LogP contribution in [0.25, 0.3) is 15.9 Å². The second-order valence-electron chi connectivity index (χ2n) is 6.00. The second-order valence-corrected chi connectivity index (χ2v) is 7.08. The van der Waals surface area contributed by atoms with E-state index in [9.17, 15) is 0 Å². The summed E-state index contributed by atoms with van der Waals surface area (Å²) in [5.41, 5.74) is 3.31. The number of thiophene rings is 1. The van der Waals surface area contributed by atoms with Crippen molar-refractivity contribution in [2.45, 2.75) is 32.2 Å². The average molecular weight is 336 g/mol. The molecule has 0 radical (unpaired) electrons. The van der Waals surface area contributed by atoms with Gasteiger partial charge >= 0.3 is 0 Å². The number of anilines is 1. The van der Waals surface area contributed by atoms with Gasteiger partial charge in [0.25, 0.3) is 0 Å². The maximum atomic E-state index is 4.84. The van der Waals surface area contributed by atoms with Crippen molar-refractivity contribution in [3.8, 4) is 0 Å². The molecule has 4 heterocycles. The van der Waals surface area contributed by atoms with Crippen LogP contribution in [0.2, 0.25) is 0 Å². The molecular weight excluding hydrogens is 320 g/mol. The smallest absolute Gasteiger partial charge is 0.227 e. The largest absolute Gasteiger partial charge is 0.348 e. The minimum atomic E-state index is 0.611. The minimum absolute atomic E-state index is 0.611. The summed E-state index contributed by atoms with van der Waals surface area (Å²) in [7, 11) is 0. The highest BCUT2D eigenvalue weighted by Gasteiger charge is 2.21. The third kappa shape index (κ3) is 2.16. The van der Waals surface area contributed by atoms with Crippen LogP contribution in [0.15, 0.2) is 30.7 Å². The fourth-order valence-electron chi connectivity index (χ4n) is 3.36. The number of rotatable bonds is 3. The first-order valence-electron chi connectivity index (χ1n) is 8.18. The molecule has 4 aromatic heterocycles.